The van der Waals surface area contributed by atoms with Crippen molar-refractivity contribution < 1.29 is 4.74 Å². The van der Waals surface area contributed by atoms with Crippen LogP contribution in [0.5, 0.6) is 11.5 Å². The average Bonchev–Trinajstić information content (AvgIpc) is 2.77. The van der Waals surface area contributed by atoms with Crippen molar-refractivity contribution >= 4 is 0 Å². The predicted octanol–water partition coefficient (Wildman–Crippen LogP) is 6.82. The van der Waals surface area contributed by atoms with Crippen molar-refractivity contribution in [2.24, 2.45) is 0 Å². The van der Waals surface area contributed by atoms with Crippen LogP contribution in [-0.2, 0) is 6.42 Å². The average molecular weight is 308 g/mol. The van der Waals surface area contributed by atoms with Crippen LogP contribution in [0.3, 0.4) is 0 Å². The molecule has 1 heteroatoms. The van der Waals surface area contributed by atoms with Crippen molar-refractivity contribution in [3.05, 3.63) is 59.2 Å². The molecule has 0 aromatic heterocycles. The first-order valence-corrected chi connectivity index (χ1v) is 9.26. The highest BCUT2D eigenvalue weighted by Gasteiger charge is 2.34. The monoisotopic (exact) mass is 308 g/mol. The van der Waals surface area contributed by atoms with Crippen molar-refractivity contribution in [3.63, 3.8) is 0 Å². The summed E-state index contributed by atoms with van der Waals surface area (Å²) in [7, 11) is 0. The predicted molar refractivity (Wildman–Crippen MR) is 97.6 cm³/mol. The molecular weight excluding hydrogens is 280 g/mol. The second-order valence-electron chi connectivity index (χ2n) is 6.36. The van der Waals surface area contributed by atoms with E-state index in [1.54, 1.807) is 0 Å². The van der Waals surface area contributed by atoms with E-state index in [1.165, 1.54) is 42.4 Å². The molecule has 0 amide bonds. The third-order valence-electron chi connectivity index (χ3n) is 5.19. The minimum absolute atomic E-state index is 0.628. The number of rotatable bonds is 1. The molecule has 1 aliphatic heterocycles. The standard InChI is InChI=1S/C20H22O.C2H6/c1-2-14-11-12-20-18(13-14)16-8-4-3-7-15(16)17-9-5-6-10-19(17)21-20;1-2/h5-6,9-13,15-16H,2-4,7-8H2,1H3;1-2H3/t15-,16-;/m0./s1. The number of aryl methyl sites for hydroxylation is 1. The molecule has 0 N–H and O–H groups in total. The number of para-hydroxylation sites is 1. The van der Waals surface area contributed by atoms with Gasteiger partial charge in [0.2, 0.25) is 0 Å². The fourth-order valence-electron chi connectivity index (χ4n) is 4.07. The molecule has 0 bridgehead atoms. The molecule has 0 spiro atoms. The quantitative estimate of drug-likeness (QED) is 0.561. The van der Waals surface area contributed by atoms with Crippen LogP contribution in [0.15, 0.2) is 42.5 Å². The van der Waals surface area contributed by atoms with E-state index in [-0.39, 0.29) is 0 Å². The Morgan fingerprint density at radius 3 is 2.26 bits per heavy atom. The van der Waals surface area contributed by atoms with E-state index in [4.69, 9.17) is 4.74 Å². The number of benzene rings is 2. The van der Waals surface area contributed by atoms with E-state index in [0.717, 1.165) is 17.9 Å². The zero-order chi connectivity index (χ0) is 16.2. The smallest absolute Gasteiger partial charge is 0.130 e. The van der Waals surface area contributed by atoms with Gasteiger partial charge in [-0.25, -0.2) is 0 Å². The molecule has 0 radical (unpaired) electrons. The Balaban J connectivity index is 0.000000753. The van der Waals surface area contributed by atoms with Crippen LogP contribution in [-0.4, -0.2) is 0 Å². The topological polar surface area (TPSA) is 9.23 Å². The van der Waals surface area contributed by atoms with Crippen LogP contribution in [0.2, 0.25) is 0 Å². The first-order valence-electron chi connectivity index (χ1n) is 9.26. The van der Waals surface area contributed by atoms with E-state index in [0.29, 0.717) is 11.8 Å². The summed E-state index contributed by atoms with van der Waals surface area (Å²) in [6.45, 7) is 6.23. The lowest BCUT2D eigenvalue weighted by Gasteiger charge is -2.31. The summed E-state index contributed by atoms with van der Waals surface area (Å²) in [6.07, 6.45) is 6.37. The van der Waals surface area contributed by atoms with Gasteiger partial charge in [0.05, 0.1) is 0 Å². The minimum atomic E-state index is 0.628. The SMILES string of the molecule is CC.CCc1ccc2c(c1)[C@H]1CCCC[C@@H]1c1ccccc1O2. The zero-order valence-electron chi connectivity index (χ0n) is 14.6. The van der Waals surface area contributed by atoms with Gasteiger partial charge in [0.1, 0.15) is 11.5 Å². The number of hydrogen-bond acceptors (Lipinski definition) is 1. The molecule has 122 valence electrons. The summed E-state index contributed by atoms with van der Waals surface area (Å²) in [5, 5.41) is 0. The fraction of sp³-hybridized carbons (Fsp3) is 0.455. The maximum absolute atomic E-state index is 6.29. The molecule has 4 rings (SSSR count). The Bertz CT molecular complexity index is 659. The summed E-state index contributed by atoms with van der Waals surface area (Å²) >= 11 is 0. The van der Waals surface area contributed by atoms with Crippen molar-refractivity contribution in [2.75, 3.05) is 0 Å². The van der Waals surface area contributed by atoms with E-state index in [9.17, 15) is 0 Å². The molecule has 1 fully saturated rings. The summed E-state index contributed by atoms with van der Waals surface area (Å²) in [5.41, 5.74) is 4.28. The summed E-state index contributed by atoms with van der Waals surface area (Å²) < 4.78 is 6.29. The second-order valence-corrected chi connectivity index (χ2v) is 6.36. The number of hydrogen-bond donors (Lipinski definition) is 0. The Hall–Kier alpha value is -1.76. The molecule has 2 aliphatic rings. The highest BCUT2D eigenvalue weighted by molar-refractivity contribution is 5.50. The Morgan fingerprint density at radius 2 is 1.52 bits per heavy atom. The first-order chi connectivity index (χ1) is 11.4. The summed E-state index contributed by atoms with van der Waals surface area (Å²) in [5.74, 6) is 3.40. The van der Waals surface area contributed by atoms with E-state index in [1.807, 2.05) is 13.8 Å². The normalized spacial score (nSPS) is 21.5. The second kappa shape index (κ2) is 7.21. The molecule has 1 aliphatic carbocycles. The van der Waals surface area contributed by atoms with Gasteiger partial charge >= 0.3 is 0 Å². The van der Waals surface area contributed by atoms with Crippen LogP contribution < -0.4 is 4.74 Å². The largest absolute Gasteiger partial charge is 0.457 e. The summed E-state index contributed by atoms with van der Waals surface area (Å²) in [6, 6.07) is 15.4. The van der Waals surface area contributed by atoms with Gasteiger partial charge in [0.25, 0.3) is 0 Å². The lowest BCUT2D eigenvalue weighted by atomic mass is 9.72. The highest BCUT2D eigenvalue weighted by atomic mass is 16.5. The Morgan fingerprint density at radius 1 is 0.870 bits per heavy atom. The van der Waals surface area contributed by atoms with E-state index >= 15 is 0 Å². The van der Waals surface area contributed by atoms with Gasteiger partial charge in [-0.3, -0.25) is 0 Å². The third kappa shape index (κ3) is 3.02. The molecular formula is C22H28O. The molecule has 1 nitrogen and oxygen atoms in total. The fourth-order valence-corrected chi connectivity index (χ4v) is 4.07. The molecule has 2 aromatic carbocycles. The van der Waals surface area contributed by atoms with Crippen LogP contribution >= 0.6 is 0 Å². The molecule has 2 atom stereocenters. The van der Waals surface area contributed by atoms with Crippen molar-refractivity contribution in [1.82, 2.24) is 0 Å². The van der Waals surface area contributed by atoms with Gasteiger partial charge in [-0.1, -0.05) is 63.9 Å². The van der Waals surface area contributed by atoms with Gasteiger partial charge in [-0.2, -0.15) is 0 Å². The zero-order valence-corrected chi connectivity index (χ0v) is 14.6. The van der Waals surface area contributed by atoms with Crippen LogP contribution in [0.1, 0.15) is 75.0 Å². The van der Waals surface area contributed by atoms with E-state index < -0.39 is 0 Å². The van der Waals surface area contributed by atoms with Crippen LogP contribution in [0, 0.1) is 0 Å². The van der Waals surface area contributed by atoms with Crippen LogP contribution in [0.25, 0.3) is 0 Å². The highest BCUT2D eigenvalue weighted by Crippen LogP contribution is 2.52. The van der Waals surface area contributed by atoms with Gasteiger partial charge < -0.3 is 4.74 Å². The maximum Gasteiger partial charge on any atom is 0.130 e. The molecule has 23 heavy (non-hydrogen) atoms. The first kappa shape index (κ1) is 16.1. The molecule has 0 saturated heterocycles. The lowest BCUT2D eigenvalue weighted by Crippen LogP contribution is -2.15. The molecule has 2 aromatic rings. The third-order valence-corrected chi connectivity index (χ3v) is 5.19. The van der Waals surface area contributed by atoms with Gasteiger partial charge in [0.15, 0.2) is 0 Å². The van der Waals surface area contributed by atoms with Crippen LogP contribution in [0.4, 0.5) is 0 Å². The molecule has 0 unspecified atom stereocenters. The molecule has 1 saturated carbocycles. The van der Waals surface area contributed by atoms with Gasteiger partial charge in [-0.15, -0.1) is 0 Å². The number of ether oxygens (including phenoxy) is 1. The molecule has 1 heterocycles. The van der Waals surface area contributed by atoms with Gasteiger partial charge in [0, 0.05) is 0 Å². The van der Waals surface area contributed by atoms with Crippen molar-refractivity contribution in [3.8, 4) is 11.5 Å². The minimum Gasteiger partial charge on any atom is -0.457 e. The lowest BCUT2D eigenvalue weighted by molar-refractivity contribution is 0.388. The Labute approximate surface area is 140 Å². The van der Waals surface area contributed by atoms with Crippen molar-refractivity contribution in [2.45, 2.75) is 64.7 Å². The van der Waals surface area contributed by atoms with Crippen molar-refractivity contribution in [1.29, 1.82) is 0 Å². The summed E-state index contributed by atoms with van der Waals surface area (Å²) in [4.78, 5) is 0. The van der Waals surface area contributed by atoms with Gasteiger partial charge in [-0.05, 0) is 59.9 Å². The van der Waals surface area contributed by atoms with E-state index in [2.05, 4.69) is 49.4 Å². The number of fused-ring (bicyclic) bond motifs is 5. The maximum atomic E-state index is 6.29. The Kier molecular flexibility index (Phi) is 5.05.